The zero-order chi connectivity index (χ0) is 13.5. The second-order valence-corrected chi connectivity index (χ2v) is 3.20. The molecule has 18 heavy (non-hydrogen) atoms. The van der Waals surface area contributed by atoms with E-state index in [0.29, 0.717) is 6.61 Å². The van der Waals surface area contributed by atoms with Crippen LogP contribution in [-0.2, 0) is 9.53 Å². The van der Waals surface area contributed by atoms with Crippen molar-refractivity contribution in [2.75, 3.05) is 24.2 Å². The Labute approximate surface area is 103 Å². The summed E-state index contributed by atoms with van der Waals surface area (Å²) in [4.78, 5) is 28.4. The average Bonchev–Trinajstić information content (AvgIpc) is 2.28. The van der Waals surface area contributed by atoms with Crippen LogP contribution in [0.15, 0.2) is 6.33 Å². The van der Waals surface area contributed by atoms with Gasteiger partial charge in [-0.3, -0.25) is 14.9 Å². The summed E-state index contributed by atoms with van der Waals surface area (Å²) in [6.07, 6.45) is 1.18. The fourth-order valence-corrected chi connectivity index (χ4v) is 1.22. The van der Waals surface area contributed by atoms with Gasteiger partial charge in [-0.25, -0.2) is 9.97 Å². The minimum absolute atomic E-state index is 0.0169. The van der Waals surface area contributed by atoms with Gasteiger partial charge >= 0.3 is 11.7 Å². The Morgan fingerprint density at radius 2 is 2.33 bits per heavy atom. The minimum Gasteiger partial charge on any atom is -0.466 e. The van der Waals surface area contributed by atoms with E-state index in [-0.39, 0.29) is 24.6 Å². The van der Waals surface area contributed by atoms with Gasteiger partial charge in [-0.05, 0) is 6.92 Å². The van der Waals surface area contributed by atoms with Crippen LogP contribution in [0.3, 0.4) is 0 Å². The number of carbonyl (C=O) groups excluding carboxylic acids is 1. The lowest BCUT2D eigenvalue weighted by molar-refractivity contribution is -0.383. The van der Waals surface area contributed by atoms with E-state index >= 15 is 0 Å². The third kappa shape index (κ3) is 3.54. The standard InChI is InChI=1S/C9H13N5O4/c1-2-18-6(15)3-4-11-9-7(14(16)17)8(10)12-5-13-9/h5H,2-4H2,1H3,(H3,10,11,12,13). The van der Waals surface area contributed by atoms with Crippen molar-refractivity contribution in [3.8, 4) is 0 Å². The van der Waals surface area contributed by atoms with Crippen LogP contribution in [0.5, 0.6) is 0 Å². The second kappa shape index (κ2) is 6.33. The number of nitrogens with one attached hydrogen (secondary N) is 1. The van der Waals surface area contributed by atoms with Crippen LogP contribution in [0.25, 0.3) is 0 Å². The van der Waals surface area contributed by atoms with Crippen LogP contribution >= 0.6 is 0 Å². The van der Waals surface area contributed by atoms with Crippen LogP contribution in [0.4, 0.5) is 17.3 Å². The summed E-state index contributed by atoms with van der Waals surface area (Å²) in [5, 5.41) is 13.4. The number of hydrogen-bond donors (Lipinski definition) is 2. The molecule has 0 amide bonds. The third-order valence-electron chi connectivity index (χ3n) is 1.96. The Hall–Kier alpha value is -2.45. The van der Waals surface area contributed by atoms with Gasteiger partial charge < -0.3 is 15.8 Å². The molecule has 0 fully saturated rings. The van der Waals surface area contributed by atoms with Crippen LogP contribution in [-0.4, -0.2) is 34.0 Å². The molecule has 0 spiro atoms. The molecule has 0 unspecified atom stereocenters. The highest BCUT2D eigenvalue weighted by atomic mass is 16.6. The number of aromatic nitrogens is 2. The van der Waals surface area contributed by atoms with Crippen LogP contribution in [0.1, 0.15) is 13.3 Å². The first kappa shape index (κ1) is 13.6. The summed E-state index contributed by atoms with van der Waals surface area (Å²) >= 11 is 0. The largest absolute Gasteiger partial charge is 0.466 e. The van der Waals surface area contributed by atoms with Crippen LogP contribution < -0.4 is 11.1 Å². The summed E-state index contributed by atoms with van der Waals surface area (Å²) in [7, 11) is 0. The topological polar surface area (TPSA) is 133 Å². The van der Waals surface area contributed by atoms with Gasteiger partial charge in [0.2, 0.25) is 11.6 Å². The van der Waals surface area contributed by atoms with E-state index in [4.69, 9.17) is 10.5 Å². The van der Waals surface area contributed by atoms with Crippen molar-refractivity contribution in [3.05, 3.63) is 16.4 Å². The first-order valence-corrected chi connectivity index (χ1v) is 5.20. The third-order valence-corrected chi connectivity index (χ3v) is 1.96. The lowest BCUT2D eigenvalue weighted by atomic mass is 10.4. The SMILES string of the molecule is CCOC(=O)CCNc1ncnc(N)c1[N+](=O)[O-]. The Bertz CT molecular complexity index is 451. The van der Waals surface area contributed by atoms with Crippen molar-refractivity contribution in [2.45, 2.75) is 13.3 Å². The quantitative estimate of drug-likeness (QED) is 0.422. The highest BCUT2D eigenvalue weighted by Crippen LogP contribution is 2.25. The van der Waals surface area contributed by atoms with E-state index in [1.807, 2.05) is 0 Å². The zero-order valence-corrected chi connectivity index (χ0v) is 9.75. The summed E-state index contributed by atoms with van der Waals surface area (Å²) in [5.41, 5.74) is 4.98. The molecule has 0 bridgehead atoms. The predicted molar refractivity (Wildman–Crippen MR) is 62.8 cm³/mol. The lowest BCUT2D eigenvalue weighted by Crippen LogP contribution is -2.13. The monoisotopic (exact) mass is 255 g/mol. The Kier molecular flexibility index (Phi) is 4.78. The summed E-state index contributed by atoms with van der Waals surface area (Å²) in [5.74, 6) is -0.639. The Morgan fingerprint density at radius 3 is 2.94 bits per heavy atom. The van der Waals surface area contributed by atoms with E-state index in [9.17, 15) is 14.9 Å². The molecule has 1 rings (SSSR count). The van der Waals surface area contributed by atoms with Gasteiger partial charge in [0.25, 0.3) is 0 Å². The first-order valence-electron chi connectivity index (χ1n) is 5.20. The number of anilines is 2. The number of nitrogens with two attached hydrogens (primary N) is 1. The molecule has 0 saturated carbocycles. The molecular weight excluding hydrogens is 242 g/mol. The number of hydrogen-bond acceptors (Lipinski definition) is 8. The highest BCUT2D eigenvalue weighted by molar-refractivity contribution is 5.71. The van der Waals surface area contributed by atoms with E-state index in [2.05, 4.69) is 15.3 Å². The van der Waals surface area contributed by atoms with Gasteiger partial charge in [0, 0.05) is 6.54 Å². The molecule has 1 aromatic rings. The molecule has 0 aliphatic heterocycles. The van der Waals surface area contributed by atoms with Crippen molar-refractivity contribution in [2.24, 2.45) is 0 Å². The van der Waals surface area contributed by atoms with E-state index < -0.39 is 16.6 Å². The van der Waals surface area contributed by atoms with Gasteiger partial charge in [0.1, 0.15) is 6.33 Å². The molecule has 1 aromatic heterocycles. The number of carbonyl (C=O) groups is 1. The number of nitrogen functional groups attached to an aromatic ring is 1. The molecule has 0 atom stereocenters. The number of ether oxygens (including phenoxy) is 1. The molecule has 0 aliphatic carbocycles. The minimum atomic E-state index is -0.679. The second-order valence-electron chi connectivity index (χ2n) is 3.20. The maximum atomic E-state index is 11.1. The molecule has 1 heterocycles. The highest BCUT2D eigenvalue weighted by Gasteiger charge is 2.20. The average molecular weight is 255 g/mol. The molecule has 9 nitrogen and oxygen atoms in total. The summed E-state index contributed by atoms with van der Waals surface area (Å²) in [6.45, 7) is 2.15. The van der Waals surface area contributed by atoms with Crippen molar-refractivity contribution in [1.29, 1.82) is 0 Å². The molecule has 0 radical (unpaired) electrons. The zero-order valence-electron chi connectivity index (χ0n) is 9.75. The Balaban J connectivity index is 2.65. The molecule has 98 valence electrons. The number of esters is 1. The maximum Gasteiger partial charge on any atom is 0.352 e. The van der Waals surface area contributed by atoms with Crippen molar-refractivity contribution in [3.63, 3.8) is 0 Å². The fourth-order valence-electron chi connectivity index (χ4n) is 1.22. The normalized spacial score (nSPS) is 9.83. The fraction of sp³-hybridized carbons (Fsp3) is 0.444. The molecule has 9 heteroatoms. The Morgan fingerprint density at radius 1 is 1.61 bits per heavy atom. The molecule has 0 aromatic carbocycles. The van der Waals surface area contributed by atoms with Gasteiger partial charge in [-0.1, -0.05) is 0 Å². The first-order chi connectivity index (χ1) is 8.56. The molecule has 0 aliphatic rings. The van der Waals surface area contributed by atoms with Gasteiger partial charge in [0.05, 0.1) is 18.0 Å². The molecular formula is C9H13N5O4. The van der Waals surface area contributed by atoms with Crippen molar-refractivity contribution in [1.82, 2.24) is 9.97 Å². The number of rotatable bonds is 6. The van der Waals surface area contributed by atoms with E-state index in [1.54, 1.807) is 6.92 Å². The number of nitro groups is 1. The lowest BCUT2D eigenvalue weighted by Gasteiger charge is -2.06. The predicted octanol–water partition coefficient (Wildman–Crippen LogP) is 0.332. The molecule has 0 saturated heterocycles. The van der Waals surface area contributed by atoms with E-state index in [1.165, 1.54) is 0 Å². The van der Waals surface area contributed by atoms with Gasteiger partial charge in [-0.15, -0.1) is 0 Å². The van der Waals surface area contributed by atoms with Crippen LogP contribution in [0.2, 0.25) is 0 Å². The summed E-state index contributed by atoms with van der Waals surface area (Å²) < 4.78 is 4.71. The van der Waals surface area contributed by atoms with Gasteiger partial charge in [-0.2, -0.15) is 0 Å². The van der Waals surface area contributed by atoms with Crippen molar-refractivity contribution < 1.29 is 14.5 Å². The van der Waals surface area contributed by atoms with E-state index in [0.717, 1.165) is 6.33 Å². The number of nitrogens with zero attached hydrogens (tertiary/aromatic N) is 3. The summed E-state index contributed by atoms with van der Waals surface area (Å²) in [6, 6.07) is 0. The maximum absolute atomic E-state index is 11.1. The van der Waals surface area contributed by atoms with Crippen molar-refractivity contribution >= 4 is 23.3 Å². The van der Waals surface area contributed by atoms with Gasteiger partial charge in [0.15, 0.2) is 0 Å². The molecule has 3 N–H and O–H groups in total. The smallest absolute Gasteiger partial charge is 0.352 e. The van der Waals surface area contributed by atoms with Crippen LogP contribution in [0, 0.1) is 10.1 Å².